The minimum absolute atomic E-state index is 0.811. The molecule has 108 valence electrons. The molecule has 0 aliphatic carbocycles. The molecule has 1 aromatic carbocycles. The van der Waals surface area contributed by atoms with Crippen molar-refractivity contribution in [2.45, 2.75) is 33.0 Å². The summed E-state index contributed by atoms with van der Waals surface area (Å²) < 4.78 is 2.20. The molecule has 0 unspecified atom stereocenters. The lowest BCUT2D eigenvalue weighted by atomic mass is 10.1. The van der Waals surface area contributed by atoms with E-state index in [4.69, 9.17) is 0 Å². The summed E-state index contributed by atoms with van der Waals surface area (Å²) in [4.78, 5) is 8.71. The molecule has 21 heavy (non-hydrogen) atoms. The summed E-state index contributed by atoms with van der Waals surface area (Å²) in [6.07, 6.45) is 6.81. The molecule has 3 aromatic rings. The predicted molar refractivity (Wildman–Crippen MR) is 84.8 cm³/mol. The Morgan fingerprint density at radius 2 is 2.05 bits per heavy atom. The summed E-state index contributed by atoms with van der Waals surface area (Å²) >= 11 is 0. The molecule has 0 saturated carbocycles. The van der Waals surface area contributed by atoms with Gasteiger partial charge in [-0.1, -0.05) is 31.2 Å². The van der Waals surface area contributed by atoms with Crippen LogP contribution in [0.1, 0.15) is 24.6 Å². The second-order valence-corrected chi connectivity index (χ2v) is 5.17. The second kappa shape index (κ2) is 6.50. The zero-order valence-electron chi connectivity index (χ0n) is 12.3. The van der Waals surface area contributed by atoms with Crippen molar-refractivity contribution >= 4 is 10.9 Å². The number of imidazole rings is 1. The van der Waals surface area contributed by atoms with Gasteiger partial charge in [0.2, 0.25) is 0 Å². The largest absolute Gasteiger partial charge is 0.333 e. The van der Waals surface area contributed by atoms with Crippen LogP contribution in [0.3, 0.4) is 0 Å². The van der Waals surface area contributed by atoms with Crippen molar-refractivity contribution in [3.05, 3.63) is 60.3 Å². The summed E-state index contributed by atoms with van der Waals surface area (Å²) in [5.74, 6) is 0. The highest BCUT2D eigenvalue weighted by Gasteiger charge is 2.03. The molecule has 0 fully saturated rings. The number of fused-ring (bicyclic) bond motifs is 1. The van der Waals surface area contributed by atoms with E-state index < -0.39 is 0 Å². The van der Waals surface area contributed by atoms with Crippen molar-refractivity contribution in [1.29, 1.82) is 0 Å². The van der Waals surface area contributed by atoms with Gasteiger partial charge < -0.3 is 9.88 Å². The van der Waals surface area contributed by atoms with E-state index in [-0.39, 0.29) is 0 Å². The average Bonchev–Trinajstić information content (AvgIpc) is 2.95. The monoisotopic (exact) mass is 280 g/mol. The lowest BCUT2D eigenvalue weighted by Gasteiger charge is -2.09. The Hall–Kier alpha value is -2.20. The van der Waals surface area contributed by atoms with Crippen molar-refractivity contribution in [1.82, 2.24) is 19.9 Å². The first-order valence-electron chi connectivity index (χ1n) is 7.41. The summed E-state index contributed by atoms with van der Waals surface area (Å²) in [7, 11) is 0. The number of aromatic nitrogens is 3. The van der Waals surface area contributed by atoms with E-state index >= 15 is 0 Å². The normalized spacial score (nSPS) is 11.1. The van der Waals surface area contributed by atoms with Crippen LogP contribution in [0.4, 0.5) is 0 Å². The Bertz CT molecular complexity index is 712. The zero-order chi connectivity index (χ0) is 14.5. The molecule has 4 nitrogen and oxygen atoms in total. The number of nitrogens with one attached hydrogen (secondary N) is 1. The summed E-state index contributed by atoms with van der Waals surface area (Å²) in [6, 6.07) is 10.4. The van der Waals surface area contributed by atoms with Crippen LogP contribution in [0.15, 0.2) is 49.1 Å². The van der Waals surface area contributed by atoms with Gasteiger partial charge in [0.05, 0.1) is 17.5 Å². The van der Waals surface area contributed by atoms with E-state index in [0.29, 0.717) is 0 Å². The van der Waals surface area contributed by atoms with E-state index in [2.05, 4.69) is 51.0 Å². The van der Waals surface area contributed by atoms with E-state index in [9.17, 15) is 0 Å². The van der Waals surface area contributed by atoms with Crippen LogP contribution in [-0.4, -0.2) is 14.5 Å². The molecule has 0 aliphatic rings. The van der Waals surface area contributed by atoms with Crippen molar-refractivity contribution in [2.75, 3.05) is 0 Å². The Morgan fingerprint density at radius 1 is 1.14 bits per heavy atom. The molecule has 0 saturated heterocycles. The molecule has 0 radical (unpaired) electrons. The highest BCUT2D eigenvalue weighted by Crippen LogP contribution is 2.15. The Balaban J connectivity index is 1.68. The average molecular weight is 280 g/mol. The van der Waals surface area contributed by atoms with Gasteiger partial charge in [-0.3, -0.25) is 4.98 Å². The fraction of sp³-hybridized carbons (Fsp3) is 0.294. The lowest BCUT2D eigenvalue weighted by molar-refractivity contribution is 0.602. The van der Waals surface area contributed by atoms with Crippen LogP contribution in [0.25, 0.3) is 10.9 Å². The van der Waals surface area contributed by atoms with Gasteiger partial charge in [0.25, 0.3) is 0 Å². The molecular weight excluding hydrogens is 260 g/mol. The van der Waals surface area contributed by atoms with Gasteiger partial charge in [-0.15, -0.1) is 0 Å². The van der Waals surface area contributed by atoms with Crippen LogP contribution in [-0.2, 0) is 19.6 Å². The first kappa shape index (κ1) is 13.8. The topological polar surface area (TPSA) is 42.7 Å². The van der Waals surface area contributed by atoms with E-state index in [1.807, 2.05) is 24.8 Å². The number of rotatable bonds is 6. The summed E-state index contributed by atoms with van der Waals surface area (Å²) in [6.45, 7) is 4.83. The van der Waals surface area contributed by atoms with Crippen LogP contribution in [0, 0.1) is 0 Å². The maximum atomic E-state index is 4.49. The molecular formula is C17H20N4. The smallest absolute Gasteiger partial charge is 0.0948 e. The Kier molecular flexibility index (Phi) is 4.26. The lowest BCUT2D eigenvalue weighted by Crippen LogP contribution is -2.16. The fourth-order valence-corrected chi connectivity index (χ4v) is 2.57. The zero-order valence-corrected chi connectivity index (χ0v) is 12.3. The van der Waals surface area contributed by atoms with Crippen LogP contribution in [0.2, 0.25) is 0 Å². The van der Waals surface area contributed by atoms with Crippen molar-refractivity contribution in [3.63, 3.8) is 0 Å². The maximum Gasteiger partial charge on any atom is 0.0948 e. The van der Waals surface area contributed by atoms with Gasteiger partial charge in [0.15, 0.2) is 0 Å². The third kappa shape index (κ3) is 3.11. The molecule has 0 bridgehead atoms. The second-order valence-electron chi connectivity index (χ2n) is 5.17. The number of aryl methyl sites for hydroxylation is 1. The summed E-state index contributed by atoms with van der Waals surface area (Å²) in [5.41, 5.74) is 3.54. The molecule has 2 heterocycles. The van der Waals surface area contributed by atoms with Gasteiger partial charge in [-0.2, -0.15) is 0 Å². The van der Waals surface area contributed by atoms with Crippen molar-refractivity contribution < 1.29 is 0 Å². The summed E-state index contributed by atoms with van der Waals surface area (Å²) in [5, 5.41) is 4.68. The first-order valence-corrected chi connectivity index (χ1v) is 7.41. The van der Waals surface area contributed by atoms with E-state index in [1.54, 1.807) is 0 Å². The van der Waals surface area contributed by atoms with Gasteiger partial charge in [-0.05, 0) is 18.1 Å². The van der Waals surface area contributed by atoms with Gasteiger partial charge in [0.1, 0.15) is 0 Å². The standard InChI is InChI=1S/C17H20N4/c1-2-9-21-13-19-12-16(21)11-18-10-15-6-3-5-14-7-4-8-20-17(14)15/h3-8,12-13,18H,2,9-11H2,1H3. The SMILES string of the molecule is CCCn1cncc1CNCc1cccc2cccnc12. The van der Waals surface area contributed by atoms with Gasteiger partial charge in [-0.25, -0.2) is 4.98 Å². The van der Waals surface area contributed by atoms with Crippen LogP contribution in [0.5, 0.6) is 0 Å². The van der Waals surface area contributed by atoms with Crippen molar-refractivity contribution in [2.24, 2.45) is 0 Å². The molecule has 3 rings (SSSR count). The number of pyridine rings is 1. The Morgan fingerprint density at radius 3 is 2.95 bits per heavy atom. The minimum Gasteiger partial charge on any atom is -0.333 e. The number of para-hydroxylation sites is 1. The molecule has 4 heteroatoms. The van der Waals surface area contributed by atoms with Crippen LogP contribution < -0.4 is 5.32 Å². The third-order valence-corrected chi connectivity index (χ3v) is 3.60. The molecule has 0 atom stereocenters. The fourth-order valence-electron chi connectivity index (χ4n) is 2.57. The molecule has 0 spiro atoms. The van der Waals surface area contributed by atoms with Gasteiger partial charge in [0, 0.05) is 37.4 Å². The van der Waals surface area contributed by atoms with Crippen LogP contribution >= 0.6 is 0 Å². The van der Waals surface area contributed by atoms with Crippen molar-refractivity contribution in [3.8, 4) is 0 Å². The highest BCUT2D eigenvalue weighted by atomic mass is 15.1. The minimum atomic E-state index is 0.811. The molecule has 2 aromatic heterocycles. The van der Waals surface area contributed by atoms with E-state index in [1.165, 1.54) is 16.6 Å². The maximum absolute atomic E-state index is 4.49. The third-order valence-electron chi connectivity index (χ3n) is 3.60. The Labute approximate surface area is 124 Å². The first-order chi connectivity index (χ1) is 10.4. The number of hydrogen-bond donors (Lipinski definition) is 1. The molecule has 0 amide bonds. The number of benzene rings is 1. The number of hydrogen-bond acceptors (Lipinski definition) is 3. The predicted octanol–water partition coefficient (Wildman–Crippen LogP) is 3.13. The quantitative estimate of drug-likeness (QED) is 0.754. The highest BCUT2D eigenvalue weighted by molar-refractivity contribution is 5.81. The molecule has 0 aliphatic heterocycles. The van der Waals surface area contributed by atoms with Gasteiger partial charge >= 0.3 is 0 Å². The molecule has 1 N–H and O–H groups in total. The van der Waals surface area contributed by atoms with E-state index in [0.717, 1.165) is 31.6 Å². The number of nitrogens with zero attached hydrogens (tertiary/aromatic N) is 3.